The number of nitrogens with two attached hydrogens (primary N) is 1. The van der Waals surface area contributed by atoms with Gasteiger partial charge in [-0.25, -0.2) is 0 Å². The average molecular weight is 185 g/mol. The van der Waals surface area contributed by atoms with Gasteiger partial charge < -0.3 is 11.1 Å². The summed E-state index contributed by atoms with van der Waals surface area (Å²) in [6.07, 6.45) is 2.41. The van der Waals surface area contributed by atoms with E-state index in [4.69, 9.17) is 5.73 Å². The van der Waals surface area contributed by atoms with Crippen LogP contribution in [0.15, 0.2) is 0 Å². The second-order valence-corrected chi connectivity index (χ2v) is 3.56. The highest BCUT2D eigenvalue weighted by Gasteiger charge is 2.23. The molecule has 76 valence electrons. The zero-order chi connectivity index (χ0) is 9.68. The zero-order valence-electron chi connectivity index (χ0n) is 8.25. The van der Waals surface area contributed by atoms with E-state index >= 15 is 0 Å². The molecule has 0 aromatic rings. The molecule has 1 fully saturated rings. The van der Waals surface area contributed by atoms with E-state index in [2.05, 4.69) is 10.2 Å². The summed E-state index contributed by atoms with van der Waals surface area (Å²) < 4.78 is 0. The van der Waals surface area contributed by atoms with Gasteiger partial charge in [-0.15, -0.1) is 0 Å². The second-order valence-electron chi connectivity index (χ2n) is 3.56. The summed E-state index contributed by atoms with van der Waals surface area (Å²) in [5, 5.41) is 2.85. The predicted octanol–water partition coefficient (Wildman–Crippen LogP) is -0.454. The van der Waals surface area contributed by atoms with E-state index in [9.17, 15) is 4.79 Å². The summed E-state index contributed by atoms with van der Waals surface area (Å²) in [6, 6.07) is 0.507. The number of amides is 1. The Hall–Kier alpha value is -0.610. The number of hydrogen-bond acceptors (Lipinski definition) is 3. The zero-order valence-corrected chi connectivity index (χ0v) is 8.25. The van der Waals surface area contributed by atoms with Gasteiger partial charge in [0.25, 0.3) is 0 Å². The Bertz CT molecular complexity index is 172. The maximum absolute atomic E-state index is 10.7. The van der Waals surface area contributed by atoms with Crippen LogP contribution in [0.5, 0.6) is 0 Å². The van der Waals surface area contributed by atoms with Crippen LogP contribution in [0.25, 0.3) is 0 Å². The van der Waals surface area contributed by atoms with Crippen LogP contribution < -0.4 is 11.1 Å². The van der Waals surface area contributed by atoms with E-state index in [0.29, 0.717) is 12.6 Å². The Morgan fingerprint density at radius 2 is 2.46 bits per heavy atom. The molecule has 0 aromatic heterocycles. The van der Waals surface area contributed by atoms with Crippen molar-refractivity contribution in [2.45, 2.75) is 25.8 Å². The first-order valence-corrected chi connectivity index (χ1v) is 4.92. The van der Waals surface area contributed by atoms with Crippen molar-refractivity contribution in [3.8, 4) is 0 Å². The summed E-state index contributed by atoms with van der Waals surface area (Å²) in [5.41, 5.74) is 5.50. The van der Waals surface area contributed by atoms with Crippen LogP contribution in [0.2, 0.25) is 0 Å². The van der Waals surface area contributed by atoms with Gasteiger partial charge in [0, 0.05) is 32.6 Å². The van der Waals surface area contributed by atoms with Crippen LogP contribution in [-0.4, -0.2) is 43.0 Å². The van der Waals surface area contributed by atoms with Crippen LogP contribution >= 0.6 is 0 Å². The molecular formula is C9H19N3O. The molecule has 1 atom stereocenters. The van der Waals surface area contributed by atoms with Crippen molar-refractivity contribution in [2.75, 3.05) is 26.2 Å². The lowest BCUT2D eigenvalue weighted by atomic mass is 10.2. The highest BCUT2D eigenvalue weighted by atomic mass is 16.1. The third kappa shape index (κ3) is 3.32. The number of carbonyl (C=O) groups is 1. The molecule has 3 N–H and O–H groups in total. The predicted molar refractivity (Wildman–Crippen MR) is 52.3 cm³/mol. The molecule has 4 heteroatoms. The van der Waals surface area contributed by atoms with Gasteiger partial charge in [0.15, 0.2) is 0 Å². The minimum atomic E-state index is 0.0552. The normalized spacial score (nSPS) is 23.4. The van der Waals surface area contributed by atoms with Crippen LogP contribution in [-0.2, 0) is 4.79 Å². The summed E-state index contributed by atoms with van der Waals surface area (Å²) in [4.78, 5) is 13.1. The third-order valence-electron chi connectivity index (χ3n) is 2.50. The van der Waals surface area contributed by atoms with Crippen molar-refractivity contribution < 1.29 is 4.79 Å². The van der Waals surface area contributed by atoms with E-state index in [1.165, 1.54) is 12.8 Å². The van der Waals surface area contributed by atoms with Gasteiger partial charge in [-0.05, 0) is 19.4 Å². The minimum Gasteiger partial charge on any atom is -0.355 e. The van der Waals surface area contributed by atoms with Crippen molar-refractivity contribution in [3.05, 3.63) is 0 Å². The Balaban J connectivity index is 2.26. The summed E-state index contributed by atoms with van der Waals surface area (Å²) in [6.45, 7) is 5.11. The van der Waals surface area contributed by atoms with E-state index in [1.807, 2.05) is 0 Å². The molecule has 0 spiro atoms. The molecule has 4 nitrogen and oxygen atoms in total. The fraction of sp³-hybridized carbons (Fsp3) is 0.889. The van der Waals surface area contributed by atoms with Crippen LogP contribution in [0.3, 0.4) is 0 Å². The van der Waals surface area contributed by atoms with Gasteiger partial charge in [0.2, 0.25) is 5.91 Å². The second kappa shape index (κ2) is 5.19. The van der Waals surface area contributed by atoms with Crippen molar-refractivity contribution in [2.24, 2.45) is 5.73 Å². The topological polar surface area (TPSA) is 58.4 Å². The van der Waals surface area contributed by atoms with E-state index in [1.54, 1.807) is 6.92 Å². The lowest BCUT2D eigenvalue weighted by Crippen LogP contribution is -2.41. The van der Waals surface area contributed by atoms with Crippen LogP contribution in [0, 0.1) is 0 Å². The largest absolute Gasteiger partial charge is 0.355 e. The fourth-order valence-electron chi connectivity index (χ4n) is 1.85. The summed E-state index contributed by atoms with van der Waals surface area (Å²) >= 11 is 0. The molecule has 1 heterocycles. The van der Waals surface area contributed by atoms with Crippen molar-refractivity contribution in [1.82, 2.24) is 10.2 Å². The van der Waals surface area contributed by atoms with E-state index < -0.39 is 0 Å². The highest BCUT2D eigenvalue weighted by Crippen LogP contribution is 2.15. The molecule has 1 rings (SSSR count). The first-order chi connectivity index (χ1) is 6.24. The van der Waals surface area contributed by atoms with Gasteiger partial charge in [-0.1, -0.05) is 0 Å². The van der Waals surface area contributed by atoms with Gasteiger partial charge in [-0.2, -0.15) is 0 Å². The lowest BCUT2D eigenvalue weighted by molar-refractivity contribution is -0.119. The van der Waals surface area contributed by atoms with Crippen molar-refractivity contribution in [1.29, 1.82) is 0 Å². The molecule has 1 saturated heterocycles. The standard InChI is InChI=1S/C9H19N3O/c1-8(13)11-7-9-3-2-5-12(9)6-4-10/h9H,2-7,10H2,1H3,(H,11,13)/t9-/m1/s1. The molecule has 0 aliphatic carbocycles. The van der Waals surface area contributed by atoms with Gasteiger partial charge >= 0.3 is 0 Å². The number of likely N-dealkylation sites (tertiary alicyclic amines) is 1. The Labute approximate surface area is 79.5 Å². The number of rotatable bonds is 4. The molecule has 1 aliphatic heterocycles. The van der Waals surface area contributed by atoms with Crippen LogP contribution in [0.4, 0.5) is 0 Å². The lowest BCUT2D eigenvalue weighted by Gasteiger charge is -2.23. The Kier molecular flexibility index (Phi) is 4.18. The summed E-state index contributed by atoms with van der Waals surface area (Å²) in [7, 11) is 0. The number of nitrogens with zero attached hydrogens (tertiary/aromatic N) is 1. The third-order valence-corrected chi connectivity index (χ3v) is 2.50. The molecule has 1 amide bonds. The average Bonchev–Trinajstić information content (AvgIpc) is 2.49. The Morgan fingerprint density at radius 3 is 3.08 bits per heavy atom. The molecule has 0 radical (unpaired) electrons. The number of nitrogens with one attached hydrogen (secondary N) is 1. The Morgan fingerprint density at radius 1 is 1.69 bits per heavy atom. The first-order valence-electron chi connectivity index (χ1n) is 4.92. The maximum atomic E-state index is 10.7. The number of hydrogen-bond donors (Lipinski definition) is 2. The molecule has 0 aromatic carbocycles. The summed E-state index contributed by atoms with van der Waals surface area (Å²) in [5.74, 6) is 0.0552. The van der Waals surface area contributed by atoms with Gasteiger partial charge in [-0.3, -0.25) is 9.69 Å². The number of carbonyl (C=O) groups excluding carboxylic acids is 1. The maximum Gasteiger partial charge on any atom is 0.216 e. The SMILES string of the molecule is CC(=O)NC[C@H]1CCCN1CCN. The monoisotopic (exact) mass is 185 g/mol. The van der Waals surface area contributed by atoms with Crippen molar-refractivity contribution in [3.63, 3.8) is 0 Å². The molecular weight excluding hydrogens is 166 g/mol. The van der Waals surface area contributed by atoms with E-state index in [-0.39, 0.29) is 5.91 Å². The van der Waals surface area contributed by atoms with Crippen LogP contribution in [0.1, 0.15) is 19.8 Å². The fourth-order valence-corrected chi connectivity index (χ4v) is 1.85. The molecule has 0 unspecified atom stereocenters. The molecule has 0 bridgehead atoms. The van der Waals surface area contributed by atoms with Crippen molar-refractivity contribution >= 4 is 5.91 Å². The first kappa shape index (κ1) is 10.5. The molecule has 0 saturated carbocycles. The smallest absolute Gasteiger partial charge is 0.216 e. The van der Waals surface area contributed by atoms with E-state index in [0.717, 1.165) is 19.6 Å². The molecule has 1 aliphatic rings. The quantitative estimate of drug-likeness (QED) is 0.623. The van der Waals surface area contributed by atoms with Gasteiger partial charge in [0.05, 0.1) is 0 Å². The molecule has 13 heavy (non-hydrogen) atoms. The highest BCUT2D eigenvalue weighted by molar-refractivity contribution is 5.72. The minimum absolute atomic E-state index is 0.0552. The van der Waals surface area contributed by atoms with Gasteiger partial charge in [0.1, 0.15) is 0 Å².